The average Bonchev–Trinajstić information content (AvgIpc) is 2.38. The van der Waals surface area contributed by atoms with Crippen LogP contribution >= 0.6 is 0 Å². The maximum atomic E-state index is 11.7. The number of carbonyl (C=O) groups excluding carboxylic acids is 2. The first-order valence-corrected chi connectivity index (χ1v) is 5.37. The van der Waals surface area contributed by atoms with Crippen molar-refractivity contribution in [3.8, 4) is 0 Å². The number of hydrogen-bond donors (Lipinski definition) is 0. The summed E-state index contributed by atoms with van der Waals surface area (Å²) in [4.78, 5) is 28.3. The zero-order valence-corrected chi connectivity index (χ0v) is 9.24. The molecule has 0 bridgehead atoms. The Kier molecular flexibility index (Phi) is 3.45. The topological polar surface area (TPSA) is 50.3 Å². The molecular weight excluding hydrogens is 216 g/mol. The Bertz CT molecular complexity index is 477. The summed E-state index contributed by atoms with van der Waals surface area (Å²) in [6, 6.07) is 3.63. The van der Waals surface area contributed by atoms with Crippen LogP contribution in [0.4, 0.5) is 0 Å². The molecule has 1 aromatic heterocycles. The minimum Gasteiger partial charge on any atom is -0.275 e. The molecule has 4 heteroatoms. The van der Waals surface area contributed by atoms with E-state index in [0.717, 1.165) is 12.0 Å². The molecule has 2 amide bonds. The van der Waals surface area contributed by atoms with Gasteiger partial charge in [-0.15, -0.1) is 0 Å². The summed E-state index contributed by atoms with van der Waals surface area (Å²) < 4.78 is 0. The third-order valence-corrected chi connectivity index (χ3v) is 2.41. The van der Waals surface area contributed by atoms with Crippen molar-refractivity contribution < 1.29 is 9.59 Å². The number of amides is 2. The number of hydrogen-bond acceptors (Lipinski definition) is 3. The van der Waals surface area contributed by atoms with Crippen molar-refractivity contribution in [1.29, 1.82) is 0 Å². The van der Waals surface area contributed by atoms with E-state index in [1.807, 2.05) is 6.07 Å². The molecule has 2 heterocycles. The molecule has 86 valence electrons. The Morgan fingerprint density at radius 2 is 2.35 bits per heavy atom. The van der Waals surface area contributed by atoms with Gasteiger partial charge in [0.05, 0.1) is 0 Å². The molecule has 0 aromatic carbocycles. The highest BCUT2D eigenvalue weighted by Crippen LogP contribution is 2.05. The fraction of sp³-hybridized carbons (Fsp3) is 0.154. The van der Waals surface area contributed by atoms with Crippen molar-refractivity contribution >= 4 is 17.9 Å². The van der Waals surface area contributed by atoms with Crippen LogP contribution in [-0.2, 0) is 9.59 Å². The van der Waals surface area contributed by atoms with Gasteiger partial charge in [0.1, 0.15) is 0 Å². The van der Waals surface area contributed by atoms with Gasteiger partial charge in [0.2, 0.25) is 0 Å². The number of nitrogens with zero attached hydrogens (tertiary/aromatic N) is 2. The average molecular weight is 228 g/mol. The van der Waals surface area contributed by atoms with E-state index in [9.17, 15) is 9.59 Å². The van der Waals surface area contributed by atoms with Crippen molar-refractivity contribution in [2.45, 2.75) is 6.42 Å². The normalized spacial score (nSPS) is 15.5. The minimum absolute atomic E-state index is 0.253. The van der Waals surface area contributed by atoms with Gasteiger partial charge in [-0.2, -0.15) is 0 Å². The van der Waals surface area contributed by atoms with Crippen LogP contribution in [0, 0.1) is 0 Å². The van der Waals surface area contributed by atoms with Gasteiger partial charge in [0.15, 0.2) is 0 Å². The third-order valence-electron chi connectivity index (χ3n) is 2.41. The highest BCUT2D eigenvalue weighted by Gasteiger charge is 2.18. The van der Waals surface area contributed by atoms with Crippen molar-refractivity contribution in [2.75, 3.05) is 6.54 Å². The van der Waals surface area contributed by atoms with Gasteiger partial charge in [-0.1, -0.05) is 12.1 Å². The summed E-state index contributed by atoms with van der Waals surface area (Å²) in [6.45, 7) is 0.450. The Morgan fingerprint density at radius 3 is 3.06 bits per heavy atom. The van der Waals surface area contributed by atoms with Gasteiger partial charge in [-0.25, -0.2) is 0 Å². The lowest BCUT2D eigenvalue weighted by atomic mass is 10.2. The van der Waals surface area contributed by atoms with Crippen LogP contribution in [0.5, 0.6) is 0 Å². The first kappa shape index (κ1) is 11.3. The van der Waals surface area contributed by atoms with Gasteiger partial charge in [-0.3, -0.25) is 19.5 Å². The maximum absolute atomic E-state index is 11.7. The molecule has 0 unspecified atom stereocenters. The van der Waals surface area contributed by atoms with Crippen LogP contribution in [-0.4, -0.2) is 28.2 Å². The van der Waals surface area contributed by atoms with Crippen LogP contribution in [0.2, 0.25) is 0 Å². The molecule has 1 aliphatic heterocycles. The monoisotopic (exact) mass is 228 g/mol. The van der Waals surface area contributed by atoms with Crippen LogP contribution in [0.1, 0.15) is 12.0 Å². The predicted octanol–water partition coefficient (Wildman–Crippen LogP) is 1.41. The quantitative estimate of drug-likeness (QED) is 0.719. The molecule has 0 saturated carbocycles. The lowest BCUT2D eigenvalue weighted by Crippen LogP contribution is -2.37. The predicted molar refractivity (Wildman–Crippen MR) is 63.7 cm³/mol. The molecule has 2 rings (SSSR count). The van der Waals surface area contributed by atoms with Gasteiger partial charge in [0.25, 0.3) is 11.8 Å². The number of pyridine rings is 1. The Morgan fingerprint density at radius 1 is 1.47 bits per heavy atom. The summed E-state index contributed by atoms with van der Waals surface area (Å²) in [7, 11) is 0. The molecule has 0 spiro atoms. The largest absolute Gasteiger partial charge is 0.275 e. The van der Waals surface area contributed by atoms with E-state index < -0.39 is 0 Å². The van der Waals surface area contributed by atoms with E-state index in [1.165, 1.54) is 17.1 Å². The van der Waals surface area contributed by atoms with Gasteiger partial charge in [0, 0.05) is 25.0 Å². The molecule has 0 aliphatic carbocycles. The summed E-state index contributed by atoms with van der Waals surface area (Å²) >= 11 is 0. The zero-order chi connectivity index (χ0) is 12.1. The highest BCUT2D eigenvalue weighted by atomic mass is 16.2. The molecular formula is C13H12N2O2. The van der Waals surface area contributed by atoms with Crippen LogP contribution in [0.15, 0.2) is 42.8 Å². The molecule has 1 aliphatic rings. The Hall–Kier alpha value is -2.23. The van der Waals surface area contributed by atoms with E-state index in [-0.39, 0.29) is 11.8 Å². The molecule has 17 heavy (non-hydrogen) atoms. The lowest BCUT2D eigenvalue weighted by molar-refractivity contribution is -0.139. The second-order valence-electron chi connectivity index (χ2n) is 3.64. The van der Waals surface area contributed by atoms with Crippen LogP contribution in [0.3, 0.4) is 0 Å². The number of imide groups is 1. The maximum Gasteiger partial charge on any atom is 0.253 e. The third kappa shape index (κ3) is 2.87. The van der Waals surface area contributed by atoms with E-state index in [0.29, 0.717) is 6.54 Å². The minimum atomic E-state index is -0.289. The molecule has 0 atom stereocenters. The molecule has 1 aromatic rings. The smallest absolute Gasteiger partial charge is 0.253 e. The first-order chi connectivity index (χ1) is 8.27. The zero-order valence-electron chi connectivity index (χ0n) is 9.24. The number of carbonyl (C=O) groups is 2. The first-order valence-electron chi connectivity index (χ1n) is 5.37. The molecule has 0 saturated heterocycles. The van der Waals surface area contributed by atoms with Crippen molar-refractivity contribution in [1.82, 2.24) is 9.88 Å². The number of rotatable bonds is 2. The van der Waals surface area contributed by atoms with Crippen LogP contribution in [0.25, 0.3) is 6.08 Å². The Labute approximate surface area is 99.3 Å². The van der Waals surface area contributed by atoms with E-state index in [4.69, 9.17) is 0 Å². The van der Waals surface area contributed by atoms with Crippen molar-refractivity contribution in [3.63, 3.8) is 0 Å². The lowest BCUT2D eigenvalue weighted by Gasteiger charge is -2.19. The summed E-state index contributed by atoms with van der Waals surface area (Å²) in [6.07, 6.45) is 10.3. The van der Waals surface area contributed by atoms with E-state index in [1.54, 1.807) is 30.6 Å². The summed E-state index contributed by atoms with van der Waals surface area (Å²) in [5.41, 5.74) is 0.834. The molecule has 0 fully saturated rings. The van der Waals surface area contributed by atoms with Crippen molar-refractivity contribution in [2.24, 2.45) is 0 Å². The van der Waals surface area contributed by atoms with Crippen molar-refractivity contribution in [3.05, 3.63) is 48.3 Å². The Balaban J connectivity index is 2.04. The highest BCUT2D eigenvalue weighted by molar-refractivity contribution is 6.06. The fourth-order valence-electron chi connectivity index (χ4n) is 1.54. The molecule has 0 radical (unpaired) electrons. The second-order valence-corrected chi connectivity index (χ2v) is 3.64. The number of aromatic nitrogens is 1. The molecule has 4 nitrogen and oxygen atoms in total. The van der Waals surface area contributed by atoms with Gasteiger partial charge in [-0.05, 0) is 30.2 Å². The second kappa shape index (κ2) is 5.21. The van der Waals surface area contributed by atoms with Gasteiger partial charge >= 0.3 is 0 Å². The van der Waals surface area contributed by atoms with Gasteiger partial charge < -0.3 is 0 Å². The molecule has 0 N–H and O–H groups in total. The standard InChI is InChI=1S/C13H12N2O2/c16-12-5-1-2-9-15(12)13(17)7-6-11-4-3-8-14-10-11/h1,3-8,10H,2,9H2. The van der Waals surface area contributed by atoms with E-state index in [2.05, 4.69) is 4.98 Å². The SMILES string of the molecule is O=C1C=CCCN1C(=O)C=Cc1cccnc1. The summed E-state index contributed by atoms with van der Waals surface area (Å²) in [5.74, 6) is -0.541. The van der Waals surface area contributed by atoms with E-state index >= 15 is 0 Å². The fourth-order valence-corrected chi connectivity index (χ4v) is 1.54. The summed E-state index contributed by atoms with van der Waals surface area (Å²) in [5, 5.41) is 0. The van der Waals surface area contributed by atoms with Crippen LogP contribution < -0.4 is 0 Å².